The fourth-order valence-corrected chi connectivity index (χ4v) is 4.78. The molecule has 3 atom stereocenters. The highest BCUT2D eigenvalue weighted by molar-refractivity contribution is 6.33. The maximum atomic E-state index is 13.8. The maximum Gasteiger partial charge on any atom is 0.450 e. The molecule has 1 amide bonds. The zero-order valence-corrected chi connectivity index (χ0v) is 20.0. The fraction of sp³-hybridized carbons (Fsp3) is 0.385. The molecule has 1 aromatic heterocycles. The van der Waals surface area contributed by atoms with Gasteiger partial charge in [-0.15, -0.1) is 0 Å². The standard InChI is InChI=1S/C26H25ClF3NO4/c1-14-6-5-9-20(15(14)2)31-22(32)13-34-16-10-11-18-21(12-16)35-25(26(28,29)30)23(24(18)33)17-7-3-4-8-19(17)27/h3-4,7-8,10-12,14-15,20H,5-6,9,13H2,1-2H3,(H,31,32)/t14-,15-,20+/m1/s1. The summed E-state index contributed by atoms with van der Waals surface area (Å²) in [6.07, 6.45) is -1.87. The van der Waals surface area contributed by atoms with Crippen LogP contribution in [-0.4, -0.2) is 18.6 Å². The van der Waals surface area contributed by atoms with Crippen LogP contribution in [0.5, 0.6) is 5.75 Å². The van der Waals surface area contributed by atoms with Gasteiger partial charge in [-0.3, -0.25) is 9.59 Å². The Hall–Kier alpha value is -3.00. The fourth-order valence-electron chi connectivity index (χ4n) is 4.55. The van der Waals surface area contributed by atoms with Crippen molar-refractivity contribution in [2.24, 2.45) is 11.8 Å². The van der Waals surface area contributed by atoms with Crippen molar-refractivity contribution in [3.63, 3.8) is 0 Å². The number of hydrogen-bond donors (Lipinski definition) is 1. The number of fused-ring (bicyclic) bond motifs is 1. The predicted molar refractivity (Wildman–Crippen MR) is 128 cm³/mol. The largest absolute Gasteiger partial charge is 0.484 e. The van der Waals surface area contributed by atoms with Crippen LogP contribution in [0.15, 0.2) is 51.7 Å². The number of alkyl halides is 3. The van der Waals surface area contributed by atoms with Crippen molar-refractivity contribution < 1.29 is 27.1 Å². The van der Waals surface area contributed by atoms with E-state index in [9.17, 15) is 22.8 Å². The summed E-state index contributed by atoms with van der Waals surface area (Å²) < 4.78 is 52.2. The first-order valence-electron chi connectivity index (χ1n) is 11.4. The highest BCUT2D eigenvalue weighted by Gasteiger charge is 2.40. The molecule has 9 heteroatoms. The Labute approximate surface area is 205 Å². The van der Waals surface area contributed by atoms with Gasteiger partial charge in [0.2, 0.25) is 11.2 Å². The first-order chi connectivity index (χ1) is 16.6. The Kier molecular flexibility index (Phi) is 7.12. The minimum Gasteiger partial charge on any atom is -0.484 e. The van der Waals surface area contributed by atoms with Crippen LogP contribution in [0.1, 0.15) is 38.9 Å². The summed E-state index contributed by atoms with van der Waals surface area (Å²) in [7, 11) is 0. The van der Waals surface area contributed by atoms with E-state index in [0.717, 1.165) is 19.3 Å². The third-order valence-electron chi connectivity index (χ3n) is 6.69. The van der Waals surface area contributed by atoms with Gasteiger partial charge in [-0.2, -0.15) is 13.2 Å². The third kappa shape index (κ3) is 5.32. The second-order valence-electron chi connectivity index (χ2n) is 9.00. The van der Waals surface area contributed by atoms with E-state index in [0.29, 0.717) is 11.8 Å². The Bertz CT molecular complexity index is 1300. The summed E-state index contributed by atoms with van der Waals surface area (Å²) in [5, 5.41) is 2.91. The molecule has 186 valence electrons. The zero-order valence-electron chi connectivity index (χ0n) is 19.2. The average Bonchev–Trinajstić information content (AvgIpc) is 2.80. The number of carbonyl (C=O) groups excluding carboxylic acids is 1. The quantitative estimate of drug-likeness (QED) is 0.431. The Morgan fingerprint density at radius 2 is 1.91 bits per heavy atom. The van der Waals surface area contributed by atoms with E-state index in [1.54, 1.807) is 6.07 Å². The summed E-state index contributed by atoms with van der Waals surface area (Å²) in [4.78, 5) is 25.5. The Balaban J connectivity index is 1.61. The molecule has 3 aromatic rings. The first kappa shape index (κ1) is 25.1. The number of nitrogens with one attached hydrogen (secondary N) is 1. The second-order valence-corrected chi connectivity index (χ2v) is 9.41. The van der Waals surface area contributed by atoms with Crippen LogP contribution in [0.25, 0.3) is 22.1 Å². The molecular weight excluding hydrogens is 483 g/mol. The highest BCUT2D eigenvalue weighted by atomic mass is 35.5. The summed E-state index contributed by atoms with van der Waals surface area (Å²) in [5.74, 6) is -0.798. The monoisotopic (exact) mass is 507 g/mol. The number of halogens is 4. The first-order valence-corrected chi connectivity index (χ1v) is 11.8. The van der Waals surface area contributed by atoms with E-state index in [1.807, 2.05) is 0 Å². The van der Waals surface area contributed by atoms with E-state index in [2.05, 4.69) is 19.2 Å². The summed E-state index contributed by atoms with van der Waals surface area (Å²) in [6.45, 7) is 3.96. The molecule has 0 bridgehead atoms. The summed E-state index contributed by atoms with van der Waals surface area (Å²) in [6, 6.07) is 9.75. The van der Waals surface area contributed by atoms with Gasteiger partial charge in [-0.1, -0.05) is 56.5 Å². The number of amides is 1. The lowest BCUT2D eigenvalue weighted by Crippen LogP contribution is -2.45. The third-order valence-corrected chi connectivity index (χ3v) is 7.02. The molecular formula is C26H25ClF3NO4. The Morgan fingerprint density at radius 1 is 1.17 bits per heavy atom. The molecule has 1 aliphatic rings. The smallest absolute Gasteiger partial charge is 0.450 e. The van der Waals surface area contributed by atoms with Crippen LogP contribution >= 0.6 is 11.6 Å². The van der Waals surface area contributed by atoms with Gasteiger partial charge < -0.3 is 14.5 Å². The molecule has 0 aliphatic heterocycles. The van der Waals surface area contributed by atoms with Gasteiger partial charge in [-0.05, 0) is 36.5 Å². The Morgan fingerprint density at radius 3 is 2.63 bits per heavy atom. The van der Waals surface area contributed by atoms with Gasteiger partial charge in [0.25, 0.3) is 5.91 Å². The molecule has 1 saturated carbocycles. The van der Waals surface area contributed by atoms with Crippen molar-refractivity contribution in [2.45, 2.75) is 45.3 Å². The van der Waals surface area contributed by atoms with E-state index >= 15 is 0 Å². The van der Waals surface area contributed by atoms with Crippen molar-refractivity contribution in [3.8, 4) is 16.9 Å². The lowest BCUT2D eigenvalue weighted by atomic mass is 9.78. The van der Waals surface area contributed by atoms with E-state index in [4.69, 9.17) is 20.8 Å². The molecule has 1 fully saturated rings. The number of hydrogen-bond acceptors (Lipinski definition) is 4. The summed E-state index contributed by atoms with van der Waals surface area (Å²) in [5.41, 5.74) is -1.89. The highest BCUT2D eigenvalue weighted by Crippen LogP contribution is 2.39. The lowest BCUT2D eigenvalue weighted by molar-refractivity contribution is -0.152. The molecule has 5 nitrogen and oxygen atoms in total. The van der Waals surface area contributed by atoms with Crippen molar-refractivity contribution >= 4 is 28.5 Å². The maximum absolute atomic E-state index is 13.8. The van der Waals surface area contributed by atoms with Gasteiger partial charge in [-0.25, -0.2) is 0 Å². The van der Waals surface area contributed by atoms with Crippen LogP contribution in [-0.2, 0) is 11.0 Å². The molecule has 1 N–H and O–H groups in total. The van der Waals surface area contributed by atoms with E-state index in [1.165, 1.54) is 36.4 Å². The van der Waals surface area contributed by atoms with Gasteiger partial charge in [0.1, 0.15) is 11.3 Å². The minimum absolute atomic E-state index is 0.00251. The van der Waals surface area contributed by atoms with Gasteiger partial charge in [0, 0.05) is 22.7 Å². The summed E-state index contributed by atoms with van der Waals surface area (Å²) >= 11 is 6.08. The minimum atomic E-state index is -4.94. The number of rotatable bonds is 5. The molecule has 2 aromatic carbocycles. The molecule has 0 unspecified atom stereocenters. The van der Waals surface area contributed by atoms with Gasteiger partial charge in [0.15, 0.2) is 6.61 Å². The number of carbonyl (C=O) groups is 1. The van der Waals surface area contributed by atoms with Crippen LogP contribution in [0.4, 0.5) is 13.2 Å². The van der Waals surface area contributed by atoms with Crippen LogP contribution in [0, 0.1) is 11.8 Å². The average molecular weight is 508 g/mol. The molecule has 0 spiro atoms. The van der Waals surface area contributed by atoms with Gasteiger partial charge >= 0.3 is 6.18 Å². The van der Waals surface area contributed by atoms with Crippen molar-refractivity contribution in [1.29, 1.82) is 0 Å². The molecule has 1 aliphatic carbocycles. The molecule has 35 heavy (non-hydrogen) atoms. The van der Waals surface area contributed by atoms with Crippen molar-refractivity contribution in [1.82, 2.24) is 5.32 Å². The van der Waals surface area contributed by atoms with Crippen LogP contribution in [0.2, 0.25) is 5.02 Å². The predicted octanol–water partition coefficient (Wildman–Crippen LogP) is 6.45. The van der Waals surface area contributed by atoms with Crippen LogP contribution < -0.4 is 15.5 Å². The molecule has 1 heterocycles. The normalized spacial score (nSPS) is 20.6. The zero-order chi connectivity index (χ0) is 25.3. The lowest BCUT2D eigenvalue weighted by Gasteiger charge is -2.34. The van der Waals surface area contributed by atoms with E-state index in [-0.39, 0.29) is 45.9 Å². The number of benzene rings is 2. The SMILES string of the molecule is C[C@@H]1[C@H](C)CCC[C@@H]1NC(=O)COc1ccc2c(=O)c(-c3ccccc3Cl)c(C(F)(F)F)oc2c1. The van der Waals surface area contributed by atoms with Crippen molar-refractivity contribution in [2.75, 3.05) is 6.61 Å². The second kappa shape index (κ2) is 9.93. The van der Waals surface area contributed by atoms with Gasteiger partial charge in [0.05, 0.1) is 10.9 Å². The van der Waals surface area contributed by atoms with Crippen molar-refractivity contribution in [3.05, 3.63) is 63.5 Å². The molecule has 4 rings (SSSR count). The van der Waals surface area contributed by atoms with E-state index < -0.39 is 22.9 Å². The topological polar surface area (TPSA) is 68.5 Å². The van der Waals surface area contributed by atoms with Crippen LogP contribution in [0.3, 0.4) is 0 Å². The molecule has 0 saturated heterocycles. The molecule has 0 radical (unpaired) electrons. The number of ether oxygens (including phenoxy) is 1.